The number of ketones is 1. The van der Waals surface area contributed by atoms with E-state index in [0.29, 0.717) is 30.8 Å². The molecule has 2 fully saturated rings. The summed E-state index contributed by atoms with van der Waals surface area (Å²) in [4.78, 5) is 29.3. The SMILES string of the molecule is [C-]#[N+]c1ccc2c(c1C)CCC1C2CC[C@]2(C)C(=O)C(C(=O)OCC)CCC12. The van der Waals surface area contributed by atoms with Gasteiger partial charge in [-0.2, -0.15) is 0 Å². The van der Waals surface area contributed by atoms with Crippen LogP contribution >= 0.6 is 0 Å². The Morgan fingerprint density at radius 2 is 2.07 bits per heavy atom. The maximum Gasteiger partial charge on any atom is 0.316 e. The summed E-state index contributed by atoms with van der Waals surface area (Å²) < 4.78 is 5.18. The summed E-state index contributed by atoms with van der Waals surface area (Å²) in [7, 11) is 0. The second-order valence-electron chi connectivity index (χ2n) is 9.01. The highest BCUT2D eigenvalue weighted by atomic mass is 16.5. The molecule has 1 aromatic carbocycles. The van der Waals surface area contributed by atoms with E-state index in [9.17, 15) is 9.59 Å². The first-order valence-electron chi connectivity index (χ1n) is 10.6. The summed E-state index contributed by atoms with van der Waals surface area (Å²) in [6.07, 6.45) is 5.47. The molecule has 4 heteroatoms. The predicted molar refractivity (Wildman–Crippen MR) is 107 cm³/mol. The van der Waals surface area contributed by atoms with Crippen molar-refractivity contribution in [3.8, 4) is 0 Å². The Bertz CT molecular complexity index is 867. The quantitative estimate of drug-likeness (QED) is 0.406. The lowest BCUT2D eigenvalue weighted by Crippen LogP contribution is -2.53. The number of rotatable bonds is 2. The van der Waals surface area contributed by atoms with Crippen LogP contribution in [0.2, 0.25) is 0 Å². The van der Waals surface area contributed by atoms with Gasteiger partial charge in [-0.3, -0.25) is 9.59 Å². The number of ether oxygens (including phenoxy) is 1. The molecule has 4 rings (SSSR count). The van der Waals surface area contributed by atoms with Crippen LogP contribution in [0.4, 0.5) is 5.69 Å². The third-order valence-corrected chi connectivity index (χ3v) is 7.90. The maximum absolute atomic E-state index is 13.3. The second kappa shape index (κ2) is 7.03. The number of carbonyl (C=O) groups is 2. The third-order valence-electron chi connectivity index (χ3n) is 7.90. The molecule has 4 nitrogen and oxygen atoms in total. The van der Waals surface area contributed by atoms with E-state index in [1.54, 1.807) is 6.92 Å². The standard InChI is InChI=1S/C24H29NO3/c1-5-28-23(27)19-8-10-20-18-7-6-15-14(2)21(25-4)11-9-16(15)17(18)12-13-24(20,3)22(19)26/h9,11,17-20H,5-8,10,12-13H2,1-3H3/t17?,18?,19?,20?,24-/m0/s1. The van der Waals surface area contributed by atoms with Crippen LogP contribution in [0.5, 0.6) is 0 Å². The van der Waals surface area contributed by atoms with Crippen LogP contribution in [-0.2, 0) is 20.7 Å². The summed E-state index contributed by atoms with van der Waals surface area (Å²) in [5.41, 5.74) is 4.28. The zero-order chi connectivity index (χ0) is 20.1. The molecule has 0 radical (unpaired) electrons. The lowest BCUT2D eigenvalue weighted by atomic mass is 9.49. The summed E-state index contributed by atoms with van der Waals surface area (Å²) in [6, 6.07) is 4.14. The number of fused-ring (bicyclic) bond motifs is 5. The van der Waals surface area contributed by atoms with Crippen LogP contribution in [0.25, 0.3) is 4.85 Å². The minimum atomic E-state index is -0.572. The van der Waals surface area contributed by atoms with E-state index in [4.69, 9.17) is 11.3 Å². The van der Waals surface area contributed by atoms with E-state index in [0.717, 1.165) is 43.4 Å². The molecule has 0 aliphatic heterocycles. The smallest absolute Gasteiger partial charge is 0.316 e. The maximum atomic E-state index is 13.3. The van der Waals surface area contributed by atoms with E-state index in [2.05, 4.69) is 24.8 Å². The van der Waals surface area contributed by atoms with Crippen molar-refractivity contribution in [2.45, 2.75) is 65.2 Å². The van der Waals surface area contributed by atoms with Gasteiger partial charge in [0.05, 0.1) is 13.2 Å². The van der Waals surface area contributed by atoms with Gasteiger partial charge in [0.25, 0.3) is 0 Å². The first kappa shape index (κ1) is 19.2. The largest absolute Gasteiger partial charge is 0.465 e. The second-order valence-corrected chi connectivity index (χ2v) is 9.01. The van der Waals surface area contributed by atoms with Crippen molar-refractivity contribution < 1.29 is 14.3 Å². The lowest BCUT2D eigenvalue weighted by molar-refractivity contribution is -0.162. The zero-order valence-electron chi connectivity index (χ0n) is 17.1. The Morgan fingerprint density at radius 1 is 1.29 bits per heavy atom. The molecule has 0 aromatic heterocycles. The molecule has 1 aromatic rings. The number of benzene rings is 1. The Morgan fingerprint density at radius 3 is 2.79 bits per heavy atom. The van der Waals surface area contributed by atoms with Gasteiger partial charge in [0.15, 0.2) is 11.5 Å². The fraction of sp³-hybridized carbons (Fsp3) is 0.625. The minimum absolute atomic E-state index is 0.117. The van der Waals surface area contributed by atoms with Crippen molar-refractivity contribution >= 4 is 17.4 Å². The highest BCUT2D eigenvalue weighted by Gasteiger charge is 2.56. The molecule has 0 saturated heterocycles. The number of Topliss-reactive ketones (excluding diaryl/α,β-unsaturated/α-hetero) is 1. The Balaban J connectivity index is 1.64. The Kier molecular flexibility index (Phi) is 4.81. The van der Waals surface area contributed by atoms with E-state index in [-0.39, 0.29) is 11.8 Å². The van der Waals surface area contributed by atoms with Crippen molar-refractivity contribution in [1.82, 2.24) is 0 Å². The summed E-state index contributed by atoms with van der Waals surface area (Å²) in [5, 5.41) is 0. The van der Waals surface area contributed by atoms with Gasteiger partial charge in [0, 0.05) is 5.41 Å². The molecule has 0 spiro atoms. The molecule has 2 saturated carbocycles. The van der Waals surface area contributed by atoms with Gasteiger partial charge in [-0.05, 0) is 81.3 Å². The van der Waals surface area contributed by atoms with Crippen LogP contribution < -0.4 is 0 Å². The summed E-state index contributed by atoms with van der Waals surface area (Å²) in [6.45, 7) is 13.7. The molecule has 0 bridgehead atoms. The van der Waals surface area contributed by atoms with E-state index in [1.165, 1.54) is 11.1 Å². The van der Waals surface area contributed by atoms with Gasteiger partial charge < -0.3 is 4.74 Å². The van der Waals surface area contributed by atoms with Crippen molar-refractivity contribution in [2.75, 3.05) is 6.61 Å². The Labute approximate surface area is 167 Å². The zero-order valence-corrected chi connectivity index (χ0v) is 17.1. The number of esters is 1. The predicted octanol–water partition coefficient (Wildman–Crippen LogP) is 5.15. The average molecular weight is 380 g/mol. The van der Waals surface area contributed by atoms with Gasteiger partial charge >= 0.3 is 5.97 Å². The van der Waals surface area contributed by atoms with E-state index in [1.807, 2.05) is 6.07 Å². The van der Waals surface area contributed by atoms with Crippen molar-refractivity contribution in [1.29, 1.82) is 0 Å². The lowest BCUT2D eigenvalue weighted by Gasteiger charge is -2.54. The van der Waals surface area contributed by atoms with Gasteiger partial charge in [0.2, 0.25) is 0 Å². The molecular weight excluding hydrogens is 350 g/mol. The van der Waals surface area contributed by atoms with Crippen LogP contribution in [0.15, 0.2) is 12.1 Å². The summed E-state index contributed by atoms with van der Waals surface area (Å²) in [5.74, 6) is 0.538. The molecular formula is C24H29NO3. The monoisotopic (exact) mass is 379 g/mol. The molecule has 3 aliphatic carbocycles. The number of hydrogen-bond acceptors (Lipinski definition) is 3. The first-order chi connectivity index (χ1) is 13.4. The topological polar surface area (TPSA) is 47.7 Å². The Hall–Kier alpha value is -2.15. The highest BCUT2D eigenvalue weighted by Crippen LogP contribution is 2.59. The van der Waals surface area contributed by atoms with Crippen LogP contribution in [0.1, 0.15) is 68.6 Å². The van der Waals surface area contributed by atoms with Gasteiger partial charge in [-0.1, -0.05) is 24.6 Å². The first-order valence-corrected chi connectivity index (χ1v) is 10.6. The van der Waals surface area contributed by atoms with Crippen LogP contribution in [-0.4, -0.2) is 18.4 Å². The third kappa shape index (κ3) is 2.70. The van der Waals surface area contributed by atoms with Crippen molar-refractivity contribution in [3.05, 3.63) is 40.2 Å². The number of nitrogens with zero attached hydrogens (tertiary/aromatic N) is 1. The van der Waals surface area contributed by atoms with Gasteiger partial charge in [0.1, 0.15) is 5.92 Å². The van der Waals surface area contributed by atoms with Gasteiger partial charge in [-0.15, -0.1) is 0 Å². The molecule has 0 amide bonds. The fourth-order valence-electron chi connectivity index (χ4n) is 6.45. The van der Waals surface area contributed by atoms with Crippen molar-refractivity contribution in [2.24, 2.45) is 23.2 Å². The van der Waals surface area contributed by atoms with Gasteiger partial charge in [-0.25, -0.2) is 4.85 Å². The molecule has 0 heterocycles. The number of carbonyl (C=O) groups excluding carboxylic acids is 2. The summed E-state index contributed by atoms with van der Waals surface area (Å²) >= 11 is 0. The fourth-order valence-corrected chi connectivity index (χ4v) is 6.45. The molecule has 5 atom stereocenters. The molecule has 0 N–H and O–H groups in total. The minimum Gasteiger partial charge on any atom is -0.465 e. The molecule has 4 unspecified atom stereocenters. The average Bonchev–Trinajstić information content (AvgIpc) is 2.69. The number of hydrogen-bond donors (Lipinski definition) is 0. The van der Waals surface area contributed by atoms with Crippen LogP contribution in [0, 0.1) is 36.7 Å². The normalized spacial score (nSPS) is 33.9. The van der Waals surface area contributed by atoms with E-state index < -0.39 is 11.3 Å². The molecule has 148 valence electrons. The van der Waals surface area contributed by atoms with E-state index >= 15 is 0 Å². The molecule has 28 heavy (non-hydrogen) atoms. The van der Waals surface area contributed by atoms with Crippen LogP contribution in [0.3, 0.4) is 0 Å². The molecule has 3 aliphatic rings. The highest BCUT2D eigenvalue weighted by molar-refractivity contribution is 6.02. The van der Waals surface area contributed by atoms with Crippen molar-refractivity contribution in [3.63, 3.8) is 0 Å².